The molecule has 0 unspecified atom stereocenters. The average Bonchev–Trinajstić information content (AvgIpc) is 2.98. The summed E-state index contributed by atoms with van der Waals surface area (Å²) in [5.41, 5.74) is 0.933. The minimum absolute atomic E-state index is 0.0388. The molecule has 0 saturated heterocycles. The van der Waals surface area contributed by atoms with E-state index in [-0.39, 0.29) is 17.0 Å². The van der Waals surface area contributed by atoms with E-state index in [1.165, 1.54) is 49.6 Å². The number of carbonyl (C=O) groups excluding carboxylic acids is 2. The third-order valence-corrected chi connectivity index (χ3v) is 4.64. The molecule has 7 heteroatoms. The van der Waals surface area contributed by atoms with Crippen LogP contribution in [-0.4, -0.2) is 18.9 Å². The van der Waals surface area contributed by atoms with Crippen LogP contribution in [0.1, 0.15) is 5.56 Å². The van der Waals surface area contributed by atoms with Crippen LogP contribution >= 0.6 is 0 Å². The molecule has 1 aliphatic heterocycles. The summed E-state index contributed by atoms with van der Waals surface area (Å²) in [5, 5.41) is 2.86. The van der Waals surface area contributed by atoms with Crippen molar-refractivity contribution in [3.8, 4) is 5.75 Å². The lowest BCUT2D eigenvalue weighted by molar-refractivity contribution is -0.120. The van der Waals surface area contributed by atoms with Gasteiger partial charge in [0.1, 0.15) is 23.1 Å². The van der Waals surface area contributed by atoms with Gasteiger partial charge in [0.15, 0.2) is 0 Å². The van der Waals surface area contributed by atoms with E-state index >= 15 is 0 Å². The second kappa shape index (κ2) is 7.79. The van der Waals surface area contributed by atoms with Crippen LogP contribution < -0.4 is 15.0 Å². The molecule has 3 aromatic rings. The van der Waals surface area contributed by atoms with Crippen LogP contribution in [0.5, 0.6) is 5.75 Å². The number of halogens is 2. The fourth-order valence-electron chi connectivity index (χ4n) is 3.27. The zero-order valence-electron chi connectivity index (χ0n) is 15.9. The van der Waals surface area contributed by atoms with Gasteiger partial charge in [-0.05, 0) is 48.0 Å². The van der Waals surface area contributed by atoms with E-state index in [1.807, 2.05) is 0 Å². The SMILES string of the molecule is COc1ccccc1N1C(=O)C(Nc2cccc(F)c2)=C(c2ccc(F)cc2)C1=O. The maximum Gasteiger partial charge on any atom is 0.282 e. The molecule has 0 aliphatic carbocycles. The Morgan fingerprint density at radius 2 is 1.57 bits per heavy atom. The molecule has 1 aliphatic rings. The van der Waals surface area contributed by atoms with Crippen LogP contribution in [0.4, 0.5) is 20.2 Å². The summed E-state index contributed by atoms with van der Waals surface area (Å²) in [7, 11) is 1.43. The third-order valence-electron chi connectivity index (χ3n) is 4.64. The Balaban J connectivity index is 1.85. The van der Waals surface area contributed by atoms with Crippen LogP contribution in [0.2, 0.25) is 0 Å². The van der Waals surface area contributed by atoms with Gasteiger partial charge >= 0.3 is 0 Å². The predicted octanol–water partition coefficient (Wildman–Crippen LogP) is 4.37. The monoisotopic (exact) mass is 406 g/mol. The highest BCUT2D eigenvalue weighted by Crippen LogP contribution is 2.37. The molecule has 1 heterocycles. The highest BCUT2D eigenvalue weighted by atomic mass is 19.1. The smallest absolute Gasteiger partial charge is 0.282 e. The Bertz CT molecular complexity index is 1170. The van der Waals surface area contributed by atoms with Crippen molar-refractivity contribution in [2.45, 2.75) is 0 Å². The van der Waals surface area contributed by atoms with E-state index in [4.69, 9.17) is 4.74 Å². The van der Waals surface area contributed by atoms with E-state index in [0.29, 0.717) is 17.0 Å². The Hall–Kier alpha value is -4.00. The summed E-state index contributed by atoms with van der Waals surface area (Å²) in [5.74, 6) is -1.87. The molecule has 0 fully saturated rings. The van der Waals surface area contributed by atoms with Crippen molar-refractivity contribution in [3.63, 3.8) is 0 Å². The van der Waals surface area contributed by atoms with Gasteiger partial charge in [-0.15, -0.1) is 0 Å². The van der Waals surface area contributed by atoms with Crippen molar-refractivity contribution in [1.82, 2.24) is 0 Å². The van der Waals surface area contributed by atoms with E-state index in [9.17, 15) is 18.4 Å². The molecular formula is C23H16F2N2O3. The quantitative estimate of drug-likeness (QED) is 0.640. The molecule has 30 heavy (non-hydrogen) atoms. The standard InChI is InChI=1S/C23H16F2N2O3/c1-30-19-8-3-2-7-18(19)27-22(28)20(14-9-11-15(24)12-10-14)21(23(27)29)26-17-6-4-5-16(25)13-17/h2-13,26H,1H3. The maximum atomic E-state index is 13.6. The normalized spacial score (nSPS) is 13.8. The first-order chi connectivity index (χ1) is 14.5. The lowest BCUT2D eigenvalue weighted by Gasteiger charge is -2.18. The molecule has 150 valence electrons. The van der Waals surface area contributed by atoms with Crippen molar-refractivity contribution >= 4 is 28.8 Å². The van der Waals surface area contributed by atoms with Gasteiger partial charge < -0.3 is 10.1 Å². The fraction of sp³-hybridized carbons (Fsp3) is 0.0435. The number of anilines is 2. The second-order valence-electron chi connectivity index (χ2n) is 6.51. The first kappa shape index (κ1) is 19.3. The summed E-state index contributed by atoms with van der Waals surface area (Å²) < 4.78 is 32.4. The number of imide groups is 1. The van der Waals surface area contributed by atoms with Gasteiger partial charge in [0.2, 0.25) is 0 Å². The molecule has 0 radical (unpaired) electrons. The molecule has 0 saturated carbocycles. The lowest BCUT2D eigenvalue weighted by atomic mass is 10.0. The number of ether oxygens (including phenoxy) is 1. The van der Waals surface area contributed by atoms with Crippen molar-refractivity contribution in [2.75, 3.05) is 17.3 Å². The number of nitrogens with zero attached hydrogens (tertiary/aromatic N) is 1. The van der Waals surface area contributed by atoms with Gasteiger partial charge in [0.25, 0.3) is 11.8 Å². The number of hydrogen-bond acceptors (Lipinski definition) is 4. The van der Waals surface area contributed by atoms with Crippen molar-refractivity contribution in [1.29, 1.82) is 0 Å². The van der Waals surface area contributed by atoms with Gasteiger partial charge in [-0.25, -0.2) is 13.7 Å². The zero-order valence-corrected chi connectivity index (χ0v) is 15.9. The van der Waals surface area contributed by atoms with E-state index in [1.54, 1.807) is 30.3 Å². The fourth-order valence-corrected chi connectivity index (χ4v) is 3.27. The first-order valence-corrected chi connectivity index (χ1v) is 9.04. The van der Waals surface area contributed by atoms with Crippen LogP contribution in [0.3, 0.4) is 0 Å². The highest BCUT2D eigenvalue weighted by Gasteiger charge is 2.41. The number of hydrogen-bond donors (Lipinski definition) is 1. The topological polar surface area (TPSA) is 58.6 Å². The Labute approximate surface area is 171 Å². The number of amides is 2. The van der Waals surface area contributed by atoms with Gasteiger partial charge in [-0.3, -0.25) is 9.59 Å². The van der Waals surface area contributed by atoms with Gasteiger partial charge in [-0.2, -0.15) is 0 Å². The molecule has 0 atom stereocenters. The molecule has 0 spiro atoms. The Morgan fingerprint density at radius 3 is 2.27 bits per heavy atom. The summed E-state index contributed by atoms with van der Waals surface area (Å²) in [6.07, 6.45) is 0. The lowest BCUT2D eigenvalue weighted by Crippen LogP contribution is -2.32. The first-order valence-electron chi connectivity index (χ1n) is 9.04. The average molecular weight is 406 g/mol. The van der Waals surface area contributed by atoms with Gasteiger partial charge in [-0.1, -0.05) is 30.3 Å². The van der Waals surface area contributed by atoms with Crippen molar-refractivity contribution < 1.29 is 23.1 Å². The number of benzene rings is 3. The minimum atomic E-state index is -0.631. The molecule has 0 aromatic heterocycles. The number of para-hydroxylation sites is 2. The van der Waals surface area contributed by atoms with E-state index < -0.39 is 23.4 Å². The summed E-state index contributed by atoms with van der Waals surface area (Å²) in [6.45, 7) is 0. The van der Waals surface area contributed by atoms with Crippen LogP contribution in [0, 0.1) is 11.6 Å². The van der Waals surface area contributed by atoms with Crippen LogP contribution in [-0.2, 0) is 9.59 Å². The summed E-state index contributed by atoms with van der Waals surface area (Å²) in [4.78, 5) is 27.6. The molecule has 2 amide bonds. The summed E-state index contributed by atoms with van der Waals surface area (Å²) >= 11 is 0. The summed E-state index contributed by atoms with van der Waals surface area (Å²) in [6, 6.07) is 17.4. The minimum Gasteiger partial charge on any atom is -0.495 e. The largest absolute Gasteiger partial charge is 0.495 e. The van der Waals surface area contributed by atoms with Gasteiger partial charge in [0.05, 0.1) is 18.4 Å². The van der Waals surface area contributed by atoms with E-state index in [0.717, 1.165) is 4.90 Å². The molecule has 4 rings (SSSR count). The predicted molar refractivity (Wildman–Crippen MR) is 109 cm³/mol. The third kappa shape index (κ3) is 3.41. The van der Waals surface area contributed by atoms with Crippen molar-refractivity contribution in [3.05, 3.63) is 95.7 Å². The maximum absolute atomic E-state index is 13.6. The molecular weight excluding hydrogens is 390 g/mol. The molecule has 1 N–H and O–H groups in total. The van der Waals surface area contributed by atoms with Crippen molar-refractivity contribution in [2.24, 2.45) is 0 Å². The number of nitrogens with one attached hydrogen (secondary N) is 1. The van der Waals surface area contributed by atoms with Gasteiger partial charge in [0, 0.05) is 5.69 Å². The Morgan fingerprint density at radius 1 is 0.833 bits per heavy atom. The molecule has 0 bridgehead atoms. The van der Waals surface area contributed by atoms with Crippen LogP contribution in [0.15, 0.2) is 78.5 Å². The molecule has 5 nitrogen and oxygen atoms in total. The highest BCUT2D eigenvalue weighted by molar-refractivity contribution is 6.46. The zero-order chi connectivity index (χ0) is 21.3. The number of rotatable bonds is 5. The molecule has 3 aromatic carbocycles. The van der Waals surface area contributed by atoms with E-state index in [2.05, 4.69) is 5.32 Å². The number of carbonyl (C=O) groups is 2. The Kier molecular flexibility index (Phi) is 5.02. The van der Waals surface area contributed by atoms with Crippen LogP contribution in [0.25, 0.3) is 5.57 Å². The number of methoxy groups -OCH3 is 1. The second-order valence-corrected chi connectivity index (χ2v) is 6.51.